The van der Waals surface area contributed by atoms with Crippen molar-refractivity contribution >= 4 is 52.7 Å². The summed E-state index contributed by atoms with van der Waals surface area (Å²) in [4.78, 5) is 53.7. The summed E-state index contributed by atoms with van der Waals surface area (Å²) in [6, 6.07) is 14.8. The third-order valence-corrected chi connectivity index (χ3v) is 7.70. The molecule has 2 heterocycles. The van der Waals surface area contributed by atoms with Crippen molar-refractivity contribution in [3.8, 4) is 0 Å². The molecule has 2 aromatic carbocycles. The number of amides is 4. The fraction of sp³-hybridized carbons (Fsp3) is 0.448. The fourth-order valence-electron chi connectivity index (χ4n) is 5.05. The summed E-state index contributed by atoms with van der Waals surface area (Å²) in [6.45, 7) is 6.65. The van der Waals surface area contributed by atoms with E-state index < -0.39 is 17.4 Å². The topological polar surface area (TPSA) is 111 Å². The molecule has 0 aliphatic carbocycles. The van der Waals surface area contributed by atoms with Gasteiger partial charge < -0.3 is 30.1 Å². The number of piperidine rings is 1. The van der Waals surface area contributed by atoms with E-state index in [0.717, 1.165) is 12.2 Å². The van der Waals surface area contributed by atoms with Crippen LogP contribution in [-0.2, 0) is 14.3 Å². The number of rotatable bonds is 6. The van der Waals surface area contributed by atoms with Crippen LogP contribution in [0.2, 0.25) is 10.0 Å². The van der Waals surface area contributed by atoms with Crippen molar-refractivity contribution in [2.24, 2.45) is 5.92 Å². The average Bonchev–Trinajstić information content (AvgIpc) is 3.22. The van der Waals surface area contributed by atoms with E-state index >= 15 is 0 Å². The molecule has 2 fully saturated rings. The van der Waals surface area contributed by atoms with Crippen LogP contribution in [0.5, 0.6) is 0 Å². The number of hydrogen-bond acceptors (Lipinski definition) is 6. The summed E-state index contributed by atoms with van der Waals surface area (Å²) in [6.07, 6.45) is 1.34. The van der Waals surface area contributed by atoms with Gasteiger partial charge in [0.25, 0.3) is 5.91 Å². The number of methoxy groups -OCH3 is 1. The second-order valence-corrected chi connectivity index (χ2v) is 11.1. The SMILES string of the molecule is CNC(=O)N1CCC2(CC1)C(=O)N(CC(C)C)CN2c1ccccc1.COC(=O)CNC(=O)c1c(Cl)cccc1Cl. The van der Waals surface area contributed by atoms with Gasteiger partial charge in [-0.15, -0.1) is 0 Å². The molecule has 2 N–H and O–H groups in total. The van der Waals surface area contributed by atoms with Crippen molar-refractivity contribution in [2.45, 2.75) is 32.2 Å². The average molecular weight is 607 g/mol. The molecule has 4 rings (SSSR count). The van der Waals surface area contributed by atoms with E-state index in [9.17, 15) is 19.2 Å². The van der Waals surface area contributed by atoms with Crippen molar-refractivity contribution in [1.29, 1.82) is 0 Å². The smallest absolute Gasteiger partial charge is 0.325 e. The van der Waals surface area contributed by atoms with Crippen LogP contribution < -0.4 is 15.5 Å². The first-order valence-electron chi connectivity index (χ1n) is 13.4. The zero-order valence-corrected chi connectivity index (χ0v) is 25.3. The number of esters is 1. The van der Waals surface area contributed by atoms with E-state index in [4.69, 9.17) is 23.2 Å². The van der Waals surface area contributed by atoms with Gasteiger partial charge in [0.1, 0.15) is 12.1 Å². The van der Waals surface area contributed by atoms with Gasteiger partial charge in [-0.25, -0.2) is 4.79 Å². The number of hydrogen-bond donors (Lipinski definition) is 2. The number of carbonyl (C=O) groups is 4. The Morgan fingerprint density at radius 3 is 2.15 bits per heavy atom. The Bertz CT molecular complexity index is 1220. The van der Waals surface area contributed by atoms with Crippen molar-refractivity contribution in [3.63, 3.8) is 0 Å². The van der Waals surface area contributed by atoms with Gasteiger partial charge in [0.2, 0.25) is 5.91 Å². The molecule has 0 radical (unpaired) electrons. The van der Waals surface area contributed by atoms with E-state index in [1.165, 1.54) is 7.11 Å². The molecular weight excluding hydrogens is 569 g/mol. The Morgan fingerprint density at radius 1 is 1.00 bits per heavy atom. The minimum atomic E-state index is -0.545. The Hall–Kier alpha value is -3.50. The summed E-state index contributed by atoms with van der Waals surface area (Å²) >= 11 is 11.6. The molecule has 2 aliphatic heterocycles. The quantitative estimate of drug-likeness (QED) is 0.481. The van der Waals surface area contributed by atoms with Crippen LogP contribution in [-0.4, -0.2) is 86.2 Å². The standard InChI is InChI=1S/C19H28N4O2.C10H9Cl2NO3/c1-15(2)13-22-14-23(16-7-5-4-6-8-16)19(17(22)24)9-11-21(12-10-19)18(25)20-3;1-16-8(14)5-13-10(15)9-6(11)3-2-4-7(9)12/h4-8,15H,9-14H2,1-3H3,(H,20,25);2-4H,5H2,1H3,(H,13,15). The molecule has 2 saturated heterocycles. The Morgan fingerprint density at radius 2 is 1.61 bits per heavy atom. The number of carbonyl (C=O) groups excluding carboxylic acids is 4. The highest BCUT2D eigenvalue weighted by Gasteiger charge is 2.54. The van der Waals surface area contributed by atoms with Gasteiger partial charge in [0.05, 0.1) is 29.4 Å². The van der Waals surface area contributed by atoms with Crippen molar-refractivity contribution in [1.82, 2.24) is 20.4 Å². The van der Waals surface area contributed by atoms with Gasteiger partial charge >= 0.3 is 12.0 Å². The predicted molar refractivity (Wildman–Crippen MR) is 159 cm³/mol. The molecule has 0 unspecified atom stereocenters. The molecule has 12 heteroatoms. The second kappa shape index (κ2) is 14.4. The van der Waals surface area contributed by atoms with Crippen LogP contribution in [0.1, 0.15) is 37.0 Å². The van der Waals surface area contributed by atoms with Gasteiger partial charge in [-0.05, 0) is 43.0 Å². The molecular formula is C29H37Cl2N5O5. The lowest BCUT2D eigenvalue weighted by Gasteiger charge is -2.43. The van der Waals surface area contributed by atoms with Gasteiger partial charge in [-0.1, -0.05) is 61.3 Å². The number of halogens is 2. The summed E-state index contributed by atoms with van der Waals surface area (Å²) in [5, 5.41) is 5.49. The first kappa shape index (κ1) is 32.0. The lowest BCUT2D eigenvalue weighted by molar-refractivity contribution is -0.139. The summed E-state index contributed by atoms with van der Waals surface area (Å²) < 4.78 is 4.38. The first-order chi connectivity index (χ1) is 19.5. The first-order valence-corrected chi connectivity index (χ1v) is 14.2. The molecule has 41 heavy (non-hydrogen) atoms. The predicted octanol–water partition coefficient (Wildman–Crippen LogP) is 4.02. The highest BCUT2D eigenvalue weighted by molar-refractivity contribution is 6.39. The summed E-state index contributed by atoms with van der Waals surface area (Å²) in [5.41, 5.74) is 0.700. The van der Waals surface area contributed by atoms with Gasteiger partial charge in [-0.2, -0.15) is 0 Å². The van der Waals surface area contributed by atoms with Gasteiger partial charge in [-0.3, -0.25) is 14.4 Å². The highest BCUT2D eigenvalue weighted by atomic mass is 35.5. The number of anilines is 1. The molecule has 1 spiro atoms. The molecule has 0 atom stereocenters. The van der Waals surface area contributed by atoms with E-state index in [0.29, 0.717) is 38.5 Å². The number of para-hydroxylation sites is 1. The molecule has 2 aliphatic rings. The lowest BCUT2D eigenvalue weighted by atomic mass is 9.85. The molecule has 222 valence electrons. The molecule has 2 aromatic rings. The maximum Gasteiger partial charge on any atom is 0.325 e. The van der Waals surface area contributed by atoms with Gasteiger partial charge in [0.15, 0.2) is 0 Å². The number of nitrogens with zero attached hydrogens (tertiary/aromatic N) is 3. The van der Waals surface area contributed by atoms with Crippen LogP contribution in [0.25, 0.3) is 0 Å². The van der Waals surface area contributed by atoms with E-state index in [2.05, 4.69) is 46.3 Å². The molecule has 0 aromatic heterocycles. The third-order valence-electron chi connectivity index (χ3n) is 7.07. The summed E-state index contributed by atoms with van der Waals surface area (Å²) in [7, 11) is 2.88. The number of urea groups is 1. The fourth-order valence-corrected chi connectivity index (χ4v) is 5.62. The van der Waals surface area contributed by atoms with Crippen molar-refractivity contribution < 1.29 is 23.9 Å². The minimum absolute atomic E-state index is 0.0643. The third kappa shape index (κ3) is 7.62. The van der Waals surface area contributed by atoms with Gasteiger partial charge in [0, 0.05) is 32.4 Å². The van der Waals surface area contributed by atoms with Crippen LogP contribution in [0.15, 0.2) is 48.5 Å². The van der Waals surface area contributed by atoms with Crippen LogP contribution in [0.4, 0.5) is 10.5 Å². The number of benzene rings is 2. The van der Waals surface area contributed by atoms with Crippen LogP contribution >= 0.6 is 23.2 Å². The normalized spacial score (nSPS) is 15.9. The molecule has 4 amide bonds. The highest BCUT2D eigenvalue weighted by Crippen LogP contribution is 2.39. The van der Waals surface area contributed by atoms with Crippen molar-refractivity contribution in [3.05, 3.63) is 64.1 Å². The number of ether oxygens (including phenoxy) is 1. The molecule has 0 saturated carbocycles. The Labute approximate surface area is 250 Å². The molecule has 0 bridgehead atoms. The maximum atomic E-state index is 13.3. The summed E-state index contributed by atoms with van der Waals surface area (Å²) in [5.74, 6) is -0.415. The monoisotopic (exact) mass is 605 g/mol. The number of likely N-dealkylation sites (tertiary alicyclic amines) is 1. The minimum Gasteiger partial charge on any atom is -0.468 e. The zero-order chi connectivity index (χ0) is 30.2. The van der Waals surface area contributed by atoms with E-state index in [-0.39, 0.29) is 34.1 Å². The van der Waals surface area contributed by atoms with Crippen molar-refractivity contribution in [2.75, 3.05) is 51.9 Å². The van der Waals surface area contributed by atoms with Crippen LogP contribution in [0, 0.1) is 5.92 Å². The largest absolute Gasteiger partial charge is 0.468 e. The number of nitrogens with one attached hydrogen (secondary N) is 2. The second-order valence-electron chi connectivity index (χ2n) is 10.3. The lowest BCUT2D eigenvalue weighted by Crippen LogP contribution is -2.58. The zero-order valence-electron chi connectivity index (χ0n) is 23.8. The molecule has 10 nitrogen and oxygen atoms in total. The Balaban J connectivity index is 0.000000250. The van der Waals surface area contributed by atoms with E-state index in [1.54, 1.807) is 30.1 Å². The maximum absolute atomic E-state index is 13.3. The Kier molecular flexibility index (Phi) is 11.3. The van der Waals surface area contributed by atoms with E-state index in [1.807, 2.05) is 23.1 Å². The van der Waals surface area contributed by atoms with Crippen LogP contribution in [0.3, 0.4) is 0 Å².